The summed E-state index contributed by atoms with van der Waals surface area (Å²) in [5.74, 6) is 0. The van der Waals surface area contributed by atoms with Gasteiger partial charge < -0.3 is 4.43 Å². The SMILES string of the molecule is Cc1ccccc1-c1cccc([Si]OC(C)C)c1-c1ccccc1C. The molecule has 0 spiro atoms. The average molecular weight is 345 g/mol. The minimum atomic E-state index is 0.227. The quantitative estimate of drug-likeness (QED) is 0.570. The number of hydrogen-bond donors (Lipinski definition) is 0. The molecule has 2 heteroatoms. The predicted octanol–water partition coefficient (Wildman–Crippen LogP) is 5.31. The smallest absolute Gasteiger partial charge is 0.269 e. The molecule has 0 saturated carbocycles. The molecule has 0 aliphatic rings. The van der Waals surface area contributed by atoms with Gasteiger partial charge in [0.05, 0.1) is 0 Å². The second-order valence-electron chi connectivity index (χ2n) is 6.63. The highest BCUT2D eigenvalue weighted by molar-refractivity contribution is 6.50. The standard InChI is InChI=1S/C23H24OSi/c1-16(2)24-25-22-15-9-14-21(19-12-7-5-10-17(19)3)23(22)20-13-8-6-11-18(20)4/h5-16H,1-4H3. The minimum absolute atomic E-state index is 0.227. The molecule has 0 atom stereocenters. The van der Waals surface area contributed by atoms with Crippen LogP contribution in [0, 0.1) is 13.8 Å². The fraction of sp³-hybridized carbons (Fsp3) is 0.217. The topological polar surface area (TPSA) is 9.23 Å². The summed E-state index contributed by atoms with van der Waals surface area (Å²) in [4.78, 5) is 0. The highest BCUT2D eigenvalue weighted by Gasteiger charge is 2.16. The molecule has 0 N–H and O–H groups in total. The molecule has 0 amide bonds. The zero-order valence-electron chi connectivity index (χ0n) is 15.3. The number of hydrogen-bond acceptors (Lipinski definition) is 1. The molecule has 0 heterocycles. The lowest BCUT2D eigenvalue weighted by atomic mass is 9.90. The monoisotopic (exact) mass is 344 g/mol. The van der Waals surface area contributed by atoms with Gasteiger partial charge in [0.1, 0.15) is 0 Å². The molecular weight excluding hydrogens is 320 g/mol. The molecule has 2 radical (unpaired) electrons. The molecule has 3 aromatic rings. The Morgan fingerprint density at radius 2 is 1.24 bits per heavy atom. The van der Waals surface area contributed by atoms with Gasteiger partial charge in [-0.15, -0.1) is 0 Å². The van der Waals surface area contributed by atoms with Crippen LogP contribution < -0.4 is 5.19 Å². The molecular formula is C23H24OSi. The Morgan fingerprint density at radius 3 is 1.84 bits per heavy atom. The van der Waals surface area contributed by atoms with Crippen molar-refractivity contribution >= 4 is 14.9 Å². The Hall–Kier alpha value is -2.16. The first-order valence-electron chi connectivity index (χ1n) is 8.74. The first kappa shape index (κ1) is 17.7. The minimum Gasteiger partial charge on any atom is -0.409 e. The Morgan fingerprint density at radius 1 is 0.680 bits per heavy atom. The molecule has 0 aliphatic carbocycles. The maximum absolute atomic E-state index is 5.98. The van der Waals surface area contributed by atoms with Crippen molar-refractivity contribution in [1.82, 2.24) is 0 Å². The largest absolute Gasteiger partial charge is 0.409 e. The Bertz CT molecular complexity index is 867. The molecule has 126 valence electrons. The van der Waals surface area contributed by atoms with Crippen LogP contribution in [0.4, 0.5) is 0 Å². The summed E-state index contributed by atoms with van der Waals surface area (Å²) in [6.45, 7) is 8.54. The summed E-state index contributed by atoms with van der Waals surface area (Å²) < 4.78 is 5.98. The Labute approximate surface area is 153 Å². The summed E-state index contributed by atoms with van der Waals surface area (Å²) in [6, 6.07) is 23.8. The molecule has 0 saturated heterocycles. The van der Waals surface area contributed by atoms with Crippen molar-refractivity contribution in [2.45, 2.75) is 33.8 Å². The fourth-order valence-corrected chi connectivity index (χ4v) is 3.96. The van der Waals surface area contributed by atoms with Gasteiger partial charge in [-0.05, 0) is 66.3 Å². The van der Waals surface area contributed by atoms with Gasteiger partial charge in [-0.25, -0.2) is 0 Å². The number of rotatable bonds is 5. The second-order valence-corrected chi connectivity index (χ2v) is 7.61. The van der Waals surface area contributed by atoms with Crippen LogP contribution in [0.5, 0.6) is 0 Å². The van der Waals surface area contributed by atoms with Crippen molar-refractivity contribution < 1.29 is 4.43 Å². The summed E-state index contributed by atoms with van der Waals surface area (Å²) in [5.41, 5.74) is 7.74. The van der Waals surface area contributed by atoms with E-state index >= 15 is 0 Å². The molecule has 3 aromatic carbocycles. The van der Waals surface area contributed by atoms with Crippen LogP contribution in [0.1, 0.15) is 25.0 Å². The van der Waals surface area contributed by atoms with E-state index in [-0.39, 0.29) is 6.10 Å². The van der Waals surface area contributed by atoms with Gasteiger partial charge in [0, 0.05) is 6.10 Å². The van der Waals surface area contributed by atoms with E-state index in [4.69, 9.17) is 4.43 Å². The third-order valence-electron chi connectivity index (χ3n) is 4.32. The van der Waals surface area contributed by atoms with Crippen molar-refractivity contribution in [3.63, 3.8) is 0 Å². The van der Waals surface area contributed by atoms with E-state index in [1.807, 2.05) is 0 Å². The first-order chi connectivity index (χ1) is 12.1. The number of benzene rings is 3. The van der Waals surface area contributed by atoms with Crippen molar-refractivity contribution in [3.8, 4) is 22.3 Å². The van der Waals surface area contributed by atoms with E-state index in [0.717, 1.165) is 0 Å². The van der Waals surface area contributed by atoms with E-state index in [2.05, 4.69) is 94.4 Å². The predicted molar refractivity (Wildman–Crippen MR) is 108 cm³/mol. The van der Waals surface area contributed by atoms with Crippen LogP contribution in [-0.4, -0.2) is 15.9 Å². The van der Waals surface area contributed by atoms with Gasteiger partial charge in [-0.1, -0.05) is 66.7 Å². The Balaban J connectivity index is 2.24. The lowest BCUT2D eigenvalue weighted by Crippen LogP contribution is -2.23. The summed E-state index contributed by atoms with van der Waals surface area (Å²) in [6.07, 6.45) is 0.227. The van der Waals surface area contributed by atoms with Gasteiger partial charge in [0.2, 0.25) is 0 Å². The van der Waals surface area contributed by atoms with Crippen LogP contribution in [0.3, 0.4) is 0 Å². The maximum atomic E-state index is 5.98. The molecule has 0 unspecified atom stereocenters. The van der Waals surface area contributed by atoms with Crippen LogP contribution in [0.25, 0.3) is 22.3 Å². The highest BCUT2D eigenvalue weighted by Crippen LogP contribution is 2.34. The highest BCUT2D eigenvalue weighted by atomic mass is 28.2. The van der Waals surface area contributed by atoms with Crippen molar-refractivity contribution in [1.29, 1.82) is 0 Å². The van der Waals surface area contributed by atoms with Gasteiger partial charge in [0.15, 0.2) is 0 Å². The second kappa shape index (κ2) is 7.81. The van der Waals surface area contributed by atoms with Gasteiger partial charge in [0.25, 0.3) is 9.76 Å². The molecule has 1 nitrogen and oxygen atoms in total. The van der Waals surface area contributed by atoms with Crippen molar-refractivity contribution in [2.75, 3.05) is 0 Å². The lowest BCUT2D eigenvalue weighted by Gasteiger charge is -2.18. The lowest BCUT2D eigenvalue weighted by molar-refractivity contribution is 0.260. The molecule has 0 aromatic heterocycles. The summed E-state index contributed by atoms with van der Waals surface area (Å²) in [5, 5.41) is 1.27. The van der Waals surface area contributed by atoms with Gasteiger partial charge in [-0.3, -0.25) is 0 Å². The van der Waals surface area contributed by atoms with Crippen LogP contribution >= 0.6 is 0 Å². The van der Waals surface area contributed by atoms with E-state index in [0.29, 0.717) is 9.76 Å². The number of aryl methyl sites for hydroxylation is 2. The molecule has 0 bridgehead atoms. The molecule has 3 rings (SSSR count). The Kier molecular flexibility index (Phi) is 5.52. The van der Waals surface area contributed by atoms with Crippen LogP contribution in [-0.2, 0) is 4.43 Å². The summed E-state index contributed by atoms with van der Waals surface area (Å²) in [7, 11) is 0.344. The maximum Gasteiger partial charge on any atom is 0.269 e. The van der Waals surface area contributed by atoms with Gasteiger partial charge >= 0.3 is 0 Å². The summed E-state index contributed by atoms with van der Waals surface area (Å²) >= 11 is 0. The average Bonchev–Trinajstić information content (AvgIpc) is 2.61. The van der Waals surface area contributed by atoms with Gasteiger partial charge in [-0.2, -0.15) is 0 Å². The van der Waals surface area contributed by atoms with E-state index < -0.39 is 0 Å². The molecule has 25 heavy (non-hydrogen) atoms. The van der Waals surface area contributed by atoms with Crippen LogP contribution in [0.15, 0.2) is 66.7 Å². The van der Waals surface area contributed by atoms with E-state index in [1.165, 1.54) is 38.6 Å². The normalized spacial score (nSPS) is 11.1. The van der Waals surface area contributed by atoms with E-state index in [1.54, 1.807) is 0 Å². The molecule has 0 fully saturated rings. The zero-order valence-corrected chi connectivity index (χ0v) is 16.3. The molecule has 0 aliphatic heterocycles. The first-order valence-corrected chi connectivity index (χ1v) is 9.65. The van der Waals surface area contributed by atoms with Crippen molar-refractivity contribution in [2.24, 2.45) is 0 Å². The third kappa shape index (κ3) is 3.92. The fourth-order valence-electron chi connectivity index (χ4n) is 3.06. The third-order valence-corrected chi connectivity index (χ3v) is 5.54. The van der Waals surface area contributed by atoms with Crippen molar-refractivity contribution in [3.05, 3.63) is 77.9 Å². The zero-order chi connectivity index (χ0) is 17.8. The van der Waals surface area contributed by atoms with E-state index in [9.17, 15) is 0 Å². The van der Waals surface area contributed by atoms with Crippen LogP contribution in [0.2, 0.25) is 0 Å².